The number of benzene rings is 2. The molecule has 0 unspecified atom stereocenters. The lowest BCUT2D eigenvalue weighted by Crippen LogP contribution is -2.13. The molecule has 0 spiro atoms. The van der Waals surface area contributed by atoms with E-state index in [1.54, 1.807) is 0 Å². The molecule has 0 saturated carbocycles. The number of hydrogen-bond donors (Lipinski definition) is 1. The summed E-state index contributed by atoms with van der Waals surface area (Å²) in [5, 5.41) is 13.0. The van der Waals surface area contributed by atoms with Crippen LogP contribution < -0.4 is 5.32 Å². The summed E-state index contributed by atoms with van der Waals surface area (Å²) in [6, 6.07) is 6.42. The Morgan fingerprint density at radius 1 is 1.19 bits per heavy atom. The molecule has 0 heterocycles. The smallest absolute Gasteiger partial charge is 0.284 e. The summed E-state index contributed by atoms with van der Waals surface area (Å²) in [7, 11) is 0. The number of hydrogen-bond acceptors (Lipinski definition) is 3. The van der Waals surface area contributed by atoms with E-state index in [4.69, 9.17) is 0 Å². The Labute approximate surface area is 125 Å². The normalized spacial score (nSPS) is 10.2. The number of rotatable bonds is 3. The lowest BCUT2D eigenvalue weighted by Gasteiger charge is -2.07. The molecule has 0 fully saturated rings. The van der Waals surface area contributed by atoms with Crippen LogP contribution in [0, 0.1) is 21.7 Å². The monoisotopic (exact) mass is 356 g/mol. The minimum Gasteiger partial charge on any atom is -0.319 e. The number of halogens is 3. The second kappa shape index (κ2) is 5.96. The number of nitrogens with one attached hydrogen (secondary N) is 1. The fourth-order valence-electron chi connectivity index (χ4n) is 1.58. The van der Waals surface area contributed by atoms with Crippen LogP contribution in [-0.4, -0.2) is 10.8 Å². The van der Waals surface area contributed by atoms with Crippen LogP contribution in [0.1, 0.15) is 10.4 Å². The molecule has 1 N–H and O–H groups in total. The number of carbonyl (C=O) groups excluding carboxylic acids is 1. The SMILES string of the molecule is O=C(Nc1ccc(F)cc1F)c1ccc(Br)c([N+](=O)[O-])c1. The summed E-state index contributed by atoms with van der Waals surface area (Å²) in [4.78, 5) is 22.1. The first-order chi connectivity index (χ1) is 9.88. The van der Waals surface area contributed by atoms with Gasteiger partial charge in [0.05, 0.1) is 15.1 Å². The molecular formula is C13H7BrF2N2O3. The van der Waals surface area contributed by atoms with Crippen molar-refractivity contribution in [2.24, 2.45) is 0 Å². The van der Waals surface area contributed by atoms with Crippen molar-refractivity contribution in [1.29, 1.82) is 0 Å². The van der Waals surface area contributed by atoms with Crippen molar-refractivity contribution < 1.29 is 18.5 Å². The van der Waals surface area contributed by atoms with E-state index in [1.165, 1.54) is 12.1 Å². The summed E-state index contributed by atoms with van der Waals surface area (Å²) in [5.41, 5.74) is -0.525. The first kappa shape index (κ1) is 15.0. The Balaban J connectivity index is 2.28. The zero-order valence-electron chi connectivity index (χ0n) is 10.3. The highest BCUT2D eigenvalue weighted by atomic mass is 79.9. The van der Waals surface area contributed by atoms with Gasteiger partial charge in [-0.3, -0.25) is 14.9 Å². The van der Waals surface area contributed by atoms with E-state index >= 15 is 0 Å². The van der Waals surface area contributed by atoms with E-state index in [0.717, 1.165) is 18.2 Å². The van der Waals surface area contributed by atoms with E-state index in [-0.39, 0.29) is 21.4 Å². The fraction of sp³-hybridized carbons (Fsp3) is 0. The largest absolute Gasteiger partial charge is 0.319 e. The number of nitro benzene ring substituents is 1. The summed E-state index contributed by atoms with van der Waals surface area (Å²) in [6.07, 6.45) is 0. The number of carbonyl (C=O) groups is 1. The van der Waals surface area contributed by atoms with Gasteiger partial charge in [-0.15, -0.1) is 0 Å². The Hall–Kier alpha value is -2.35. The predicted octanol–water partition coefficient (Wildman–Crippen LogP) is 3.89. The molecule has 0 aromatic heterocycles. The third-order valence-corrected chi connectivity index (χ3v) is 3.25. The molecule has 0 radical (unpaired) electrons. The van der Waals surface area contributed by atoms with Crippen molar-refractivity contribution in [2.45, 2.75) is 0 Å². The third-order valence-electron chi connectivity index (χ3n) is 2.58. The number of amides is 1. The van der Waals surface area contributed by atoms with Crippen molar-refractivity contribution in [2.75, 3.05) is 5.32 Å². The van der Waals surface area contributed by atoms with Crippen LogP contribution in [0.15, 0.2) is 40.9 Å². The van der Waals surface area contributed by atoms with Crippen LogP contribution in [0.5, 0.6) is 0 Å². The van der Waals surface area contributed by atoms with Crippen LogP contribution in [0.4, 0.5) is 20.2 Å². The van der Waals surface area contributed by atoms with Gasteiger partial charge in [-0.05, 0) is 40.2 Å². The number of nitrogens with zero attached hydrogens (tertiary/aromatic N) is 1. The minimum absolute atomic E-state index is 0.0198. The van der Waals surface area contributed by atoms with Gasteiger partial charge in [0.25, 0.3) is 11.6 Å². The van der Waals surface area contributed by atoms with Crippen LogP contribution in [-0.2, 0) is 0 Å². The Morgan fingerprint density at radius 2 is 1.90 bits per heavy atom. The second-order valence-corrected chi connectivity index (χ2v) is 4.86. The van der Waals surface area contributed by atoms with Crippen molar-refractivity contribution in [1.82, 2.24) is 0 Å². The molecule has 5 nitrogen and oxygen atoms in total. The van der Waals surface area contributed by atoms with Crippen LogP contribution in [0.25, 0.3) is 0 Å². The van der Waals surface area contributed by atoms with E-state index in [9.17, 15) is 23.7 Å². The standard InChI is InChI=1S/C13H7BrF2N2O3/c14-9-3-1-7(5-12(9)18(20)21)13(19)17-11-4-2-8(15)6-10(11)16/h1-6H,(H,17,19). The van der Waals surface area contributed by atoms with Gasteiger partial charge in [0, 0.05) is 17.7 Å². The topological polar surface area (TPSA) is 72.2 Å². The Kier molecular flexibility index (Phi) is 4.27. The van der Waals surface area contributed by atoms with E-state index in [1.807, 2.05) is 0 Å². The lowest BCUT2D eigenvalue weighted by molar-refractivity contribution is -0.385. The van der Waals surface area contributed by atoms with E-state index in [2.05, 4.69) is 21.2 Å². The maximum absolute atomic E-state index is 13.4. The summed E-state index contributed by atoms with van der Waals surface area (Å²) < 4.78 is 26.4. The first-order valence-electron chi connectivity index (χ1n) is 5.59. The predicted molar refractivity (Wildman–Crippen MR) is 75.1 cm³/mol. The highest BCUT2D eigenvalue weighted by Crippen LogP contribution is 2.26. The zero-order valence-corrected chi connectivity index (χ0v) is 11.9. The van der Waals surface area contributed by atoms with Gasteiger partial charge in [-0.1, -0.05) is 0 Å². The second-order valence-electron chi connectivity index (χ2n) is 4.00. The molecule has 8 heteroatoms. The van der Waals surface area contributed by atoms with Gasteiger partial charge < -0.3 is 5.32 Å². The molecule has 0 aliphatic rings. The molecule has 0 aliphatic carbocycles. The van der Waals surface area contributed by atoms with Gasteiger partial charge >= 0.3 is 0 Å². The molecule has 0 aliphatic heterocycles. The molecule has 0 bridgehead atoms. The van der Waals surface area contributed by atoms with Gasteiger partial charge in [-0.2, -0.15) is 0 Å². The van der Waals surface area contributed by atoms with Gasteiger partial charge in [0.2, 0.25) is 0 Å². The molecule has 21 heavy (non-hydrogen) atoms. The number of nitro groups is 1. The number of anilines is 1. The Morgan fingerprint density at radius 3 is 2.52 bits per heavy atom. The summed E-state index contributed by atoms with van der Waals surface area (Å²) in [6.45, 7) is 0. The van der Waals surface area contributed by atoms with E-state index in [0.29, 0.717) is 6.07 Å². The minimum atomic E-state index is -0.935. The quantitative estimate of drug-likeness (QED) is 0.669. The molecule has 2 aromatic rings. The van der Waals surface area contributed by atoms with Gasteiger partial charge in [-0.25, -0.2) is 8.78 Å². The summed E-state index contributed by atoms with van der Waals surface area (Å²) in [5.74, 6) is -2.45. The maximum atomic E-state index is 13.4. The molecule has 2 rings (SSSR count). The third kappa shape index (κ3) is 3.40. The van der Waals surface area contributed by atoms with Crippen LogP contribution in [0.3, 0.4) is 0 Å². The molecule has 0 saturated heterocycles. The van der Waals surface area contributed by atoms with Crippen molar-refractivity contribution in [3.05, 3.63) is 68.2 Å². The van der Waals surface area contributed by atoms with Gasteiger partial charge in [0.15, 0.2) is 0 Å². The van der Waals surface area contributed by atoms with Crippen molar-refractivity contribution >= 4 is 33.2 Å². The fourth-order valence-corrected chi connectivity index (χ4v) is 1.97. The van der Waals surface area contributed by atoms with E-state index < -0.39 is 22.5 Å². The average Bonchev–Trinajstić information content (AvgIpc) is 2.42. The molecule has 108 valence electrons. The molecule has 1 amide bonds. The first-order valence-corrected chi connectivity index (χ1v) is 6.38. The van der Waals surface area contributed by atoms with Gasteiger partial charge in [0.1, 0.15) is 11.6 Å². The van der Waals surface area contributed by atoms with Crippen LogP contribution >= 0.6 is 15.9 Å². The zero-order chi connectivity index (χ0) is 15.6. The summed E-state index contributed by atoms with van der Waals surface area (Å²) >= 11 is 2.99. The van der Waals surface area contributed by atoms with Crippen molar-refractivity contribution in [3.8, 4) is 0 Å². The highest BCUT2D eigenvalue weighted by molar-refractivity contribution is 9.10. The highest BCUT2D eigenvalue weighted by Gasteiger charge is 2.17. The Bertz CT molecular complexity index is 737. The molecular weight excluding hydrogens is 350 g/mol. The van der Waals surface area contributed by atoms with Crippen LogP contribution in [0.2, 0.25) is 0 Å². The average molecular weight is 357 g/mol. The van der Waals surface area contributed by atoms with Crippen molar-refractivity contribution in [3.63, 3.8) is 0 Å². The lowest BCUT2D eigenvalue weighted by atomic mass is 10.2. The molecule has 0 atom stereocenters. The molecule has 2 aromatic carbocycles. The maximum Gasteiger partial charge on any atom is 0.284 e.